The predicted molar refractivity (Wildman–Crippen MR) is 88.1 cm³/mol. The number of fused-ring (bicyclic) bond motifs is 1. The molecule has 0 spiro atoms. The lowest BCUT2D eigenvalue weighted by Gasteiger charge is -2.29. The molecule has 0 aromatic carbocycles. The zero-order valence-corrected chi connectivity index (χ0v) is 14.8. The summed E-state index contributed by atoms with van der Waals surface area (Å²) in [4.78, 5) is 14.0. The largest absolute Gasteiger partial charge is 0.425 e. The van der Waals surface area contributed by atoms with Gasteiger partial charge in [-0.15, -0.1) is 0 Å². The Morgan fingerprint density at radius 3 is 2.00 bits per heavy atom. The van der Waals surface area contributed by atoms with E-state index in [1.807, 2.05) is 0 Å². The minimum absolute atomic E-state index is 0.00981. The van der Waals surface area contributed by atoms with Gasteiger partial charge in [0.1, 0.15) is 5.82 Å². The van der Waals surface area contributed by atoms with Crippen molar-refractivity contribution < 1.29 is 22.6 Å². The van der Waals surface area contributed by atoms with E-state index in [9.17, 15) is 18.0 Å². The number of alkyl halides is 3. The third kappa shape index (κ3) is 4.58. The van der Waals surface area contributed by atoms with Crippen LogP contribution in [0.15, 0.2) is 4.79 Å². The second-order valence-corrected chi connectivity index (χ2v) is 6.13. The van der Waals surface area contributed by atoms with Gasteiger partial charge in [0.25, 0.3) is 5.56 Å². The fourth-order valence-electron chi connectivity index (χ4n) is 3.24. The van der Waals surface area contributed by atoms with E-state index < -0.39 is 17.3 Å². The molecule has 0 atom stereocenters. The molecule has 25 heavy (non-hydrogen) atoms. The summed E-state index contributed by atoms with van der Waals surface area (Å²) >= 11 is 0. The van der Waals surface area contributed by atoms with Crippen LogP contribution in [0.3, 0.4) is 0 Å². The number of rotatable bonds is 9. The minimum atomic E-state index is -4.68. The third-order valence-electron chi connectivity index (χ3n) is 4.33. The molecule has 1 aromatic rings. The van der Waals surface area contributed by atoms with Crippen LogP contribution in [0.1, 0.15) is 31.2 Å². The van der Waals surface area contributed by atoms with E-state index in [-0.39, 0.29) is 5.82 Å². The summed E-state index contributed by atoms with van der Waals surface area (Å²) < 4.78 is 53.7. The molecular formula is C16H26F3N3O3. The van der Waals surface area contributed by atoms with E-state index in [2.05, 4.69) is 0 Å². The molecule has 0 fully saturated rings. The molecule has 1 aliphatic heterocycles. The zero-order chi connectivity index (χ0) is 18.4. The molecule has 0 N–H and O–H groups in total. The Labute approximate surface area is 145 Å². The quantitative estimate of drug-likeness (QED) is 0.631. The summed E-state index contributed by atoms with van der Waals surface area (Å²) in [5, 5.41) is 0. The molecule has 0 unspecified atom stereocenters. The first-order valence-corrected chi connectivity index (χ1v) is 8.55. The van der Waals surface area contributed by atoms with E-state index in [0.29, 0.717) is 58.7 Å². The van der Waals surface area contributed by atoms with E-state index in [1.54, 1.807) is 19.1 Å². The van der Waals surface area contributed by atoms with Crippen molar-refractivity contribution >= 4 is 5.82 Å². The van der Waals surface area contributed by atoms with E-state index in [4.69, 9.17) is 9.47 Å². The van der Waals surface area contributed by atoms with Gasteiger partial charge in [0.2, 0.25) is 0 Å². The number of nitrogens with zero attached hydrogens (tertiary/aromatic N) is 3. The maximum absolute atomic E-state index is 13.6. The Kier molecular flexibility index (Phi) is 6.95. The summed E-state index contributed by atoms with van der Waals surface area (Å²) in [6.07, 6.45) is -2.03. The molecule has 1 aromatic heterocycles. The molecule has 2 heterocycles. The van der Waals surface area contributed by atoms with Gasteiger partial charge in [-0.1, -0.05) is 0 Å². The first kappa shape index (κ1) is 19.8. The van der Waals surface area contributed by atoms with Gasteiger partial charge >= 0.3 is 6.18 Å². The first-order chi connectivity index (χ1) is 11.9. The standard InChI is InChI=1S/C16H26F3N3O3/c1-24-11-5-7-20(8-6-12-25-2)14-13(16(17,18)19)15(23)22-10-4-3-9-21(14)22/h3-12H2,1-2H3. The minimum Gasteiger partial charge on any atom is -0.385 e. The van der Waals surface area contributed by atoms with Gasteiger partial charge in [0, 0.05) is 53.6 Å². The number of halogens is 3. The highest BCUT2D eigenvalue weighted by molar-refractivity contribution is 5.49. The molecule has 144 valence electrons. The number of anilines is 1. The monoisotopic (exact) mass is 365 g/mol. The Morgan fingerprint density at radius 1 is 1.00 bits per heavy atom. The summed E-state index contributed by atoms with van der Waals surface area (Å²) in [7, 11) is 3.11. The topological polar surface area (TPSA) is 48.6 Å². The van der Waals surface area contributed by atoms with Gasteiger partial charge in [-0.3, -0.25) is 9.48 Å². The number of hydrogen-bond acceptors (Lipinski definition) is 4. The average Bonchev–Trinajstić information content (AvgIpc) is 2.87. The van der Waals surface area contributed by atoms with E-state index in [0.717, 1.165) is 6.42 Å². The summed E-state index contributed by atoms with van der Waals surface area (Å²) in [6, 6.07) is 0. The van der Waals surface area contributed by atoms with Gasteiger partial charge in [-0.2, -0.15) is 13.2 Å². The number of methoxy groups -OCH3 is 2. The first-order valence-electron chi connectivity index (χ1n) is 8.55. The number of aromatic nitrogens is 2. The molecule has 0 aliphatic carbocycles. The van der Waals surface area contributed by atoms with Crippen LogP contribution in [0.5, 0.6) is 0 Å². The predicted octanol–water partition coefficient (Wildman–Crippen LogP) is 2.34. The fourth-order valence-corrected chi connectivity index (χ4v) is 3.24. The van der Waals surface area contributed by atoms with Gasteiger partial charge in [0.05, 0.1) is 0 Å². The smallest absolute Gasteiger partial charge is 0.385 e. The molecule has 1 aliphatic rings. The van der Waals surface area contributed by atoms with Crippen molar-refractivity contribution in [2.24, 2.45) is 0 Å². The van der Waals surface area contributed by atoms with Crippen LogP contribution in [0.2, 0.25) is 0 Å². The molecule has 9 heteroatoms. The summed E-state index contributed by atoms with van der Waals surface area (Å²) in [5.41, 5.74) is -1.99. The summed E-state index contributed by atoms with van der Waals surface area (Å²) in [5.74, 6) is -0.00981. The molecular weight excluding hydrogens is 339 g/mol. The van der Waals surface area contributed by atoms with Crippen LogP contribution < -0.4 is 10.5 Å². The molecule has 0 saturated carbocycles. The van der Waals surface area contributed by atoms with Gasteiger partial charge in [-0.25, -0.2) is 4.68 Å². The van der Waals surface area contributed by atoms with Crippen LogP contribution >= 0.6 is 0 Å². The number of hydrogen-bond donors (Lipinski definition) is 0. The Bertz CT molecular complexity index is 600. The number of ether oxygens (including phenoxy) is 2. The van der Waals surface area contributed by atoms with Crippen LogP contribution in [-0.2, 0) is 28.7 Å². The molecule has 2 rings (SSSR count). The van der Waals surface area contributed by atoms with Crippen LogP contribution in [0.25, 0.3) is 0 Å². The highest BCUT2D eigenvalue weighted by atomic mass is 19.4. The lowest BCUT2D eigenvalue weighted by Crippen LogP contribution is -2.33. The van der Waals surface area contributed by atoms with Crippen LogP contribution in [-0.4, -0.2) is 49.9 Å². The van der Waals surface area contributed by atoms with Crippen molar-refractivity contribution in [2.45, 2.75) is 44.9 Å². The van der Waals surface area contributed by atoms with Crippen molar-refractivity contribution in [3.05, 3.63) is 15.9 Å². The normalized spacial score (nSPS) is 14.6. The Morgan fingerprint density at radius 2 is 1.52 bits per heavy atom. The fraction of sp³-hybridized carbons (Fsp3) is 0.812. The molecule has 0 radical (unpaired) electrons. The van der Waals surface area contributed by atoms with Gasteiger partial charge in [0.15, 0.2) is 5.56 Å². The van der Waals surface area contributed by atoms with Gasteiger partial charge < -0.3 is 14.4 Å². The zero-order valence-electron chi connectivity index (χ0n) is 14.8. The Hall–Kier alpha value is -1.48. The van der Waals surface area contributed by atoms with Crippen molar-refractivity contribution in [2.75, 3.05) is 45.4 Å². The third-order valence-corrected chi connectivity index (χ3v) is 4.33. The lowest BCUT2D eigenvalue weighted by molar-refractivity contribution is -0.138. The second-order valence-electron chi connectivity index (χ2n) is 6.13. The Balaban J connectivity index is 2.44. The van der Waals surface area contributed by atoms with Crippen molar-refractivity contribution in [1.29, 1.82) is 0 Å². The molecule has 0 amide bonds. The van der Waals surface area contributed by atoms with Crippen molar-refractivity contribution in [1.82, 2.24) is 9.36 Å². The van der Waals surface area contributed by atoms with Crippen molar-refractivity contribution in [3.8, 4) is 0 Å². The molecule has 0 saturated heterocycles. The van der Waals surface area contributed by atoms with Crippen LogP contribution in [0, 0.1) is 0 Å². The maximum atomic E-state index is 13.6. The van der Waals surface area contributed by atoms with Gasteiger partial charge in [-0.05, 0) is 25.7 Å². The van der Waals surface area contributed by atoms with E-state index in [1.165, 1.54) is 9.36 Å². The second kappa shape index (κ2) is 8.75. The summed E-state index contributed by atoms with van der Waals surface area (Å²) in [6.45, 7) is 2.44. The lowest BCUT2D eigenvalue weighted by atomic mass is 10.2. The SMILES string of the molecule is COCCCN(CCCOC)c1c(C(F)(F)F)c(=O)n2n1CCCC2. The average molecular weight is 365 g/mol. The maximum Gasteiger partial charge on any atom is 0.425 e. The highest BCUT2D eigenvalue weighted by Crippen LogP contribution is 2.36. The highest BCUT2D eigenvalue weighted by Gasteiger charge is 2.43. The molecule has 0 bridgehead atoms. The van der Waals surface area contributed by atoms with E-state index >= 15 is 0 Å². The van der Waals surface area contributed by atoms with Crippen molar-refractivity contribution in [3.63, 3.8) is 0 Å². The van der Waals surface area contributed by atoms with Crippen LogP contribution in [0.4, 0.5) is 19.0 Å². The molecule has 6 nitrogen and oxygen atoms in total.